The minimum Gasteiger partial charge on any atom is -0.496 e. The number of benzene rings is 1. The summed E-state index contributed by atoms with van der Waals surface area (Å²) < 4.78 is 33.5. The van der Waals surface area contributed by atoms with Crippen LogP contribution in [0.2, 0.25) is 0 Å². The molecule has 0 aliphatic carbocycles. The smallest absolute Gasteiger partial charge is 0.253 e. The van der Waals surface area contributed by atoms with Gasteiger partial charge in [0.2, 0.25) is 10.0 Å². The Labute approximate surface area is 135 Å². The van der Waals surface area contributed by atoms with Gasteiger partial charge in [-0.3, -0.25) is 9.36 Å². The van der Waals surface area contributed by atoms with Crippen molar-refractivity contribution in [1.82, 2.24) is 14.3 Å². The van der Waals surface area contributed by atoms with E-state index in [0.29, 0.717) is 11.4 Å². The predicted octanol–water partition coefficient (Wildman–Crippen LogP) is 0.847. The van der Waals surface area contributed by atoms with E-state index < -0.39 is 10.0 Å². The summed E-state index contributed by atoms with van der Waals surface area (Å²) in [5.41, 5.74) is 1.15. The van der Waals surface area contributed by atoms with E-state index in [9.17, 15) is 13.2 Å². The average Bonchev–Trinajstić information content (AvgIpc) is 2.49. The number of ether oxygens (including phenoxy) is 1. The Morgan fingerprint density at radius 2 is 2.00 bits per heavy atom. The third-order valence-corrected chi connectivity index (χ3v) is 4.80. The molecular weight excluding hydrogens is 318 g/mol. The van der Waals surface area contributed by atoms with Crippen LogP contribution in [-0.2, 0) is 16.6 Å². The number of aryl methyl sites for hydroxylation is 2. The molecule has 0 aliphatic rings. The van der Waals surface area contributed by atoms with Gasteiger partial charge in [-0.25, -0.2) is 18.1 Å². The van der Waals surface area contributed by atoms with Crippen LogP contribution in [0.3, 0.4) is 0 Å². The highest BCUT2D eigenvalue weighted by atomic mass is 32.2. The molecule has 1 heterocycles. The fraction of sp³-hybridized carbons (Fsp3) is 0.333. The Kier molecular flexibility index (Phi) is 5.17. The quantitative estimate of drug-likeness (QED) is 0.844. The molecule has 0 amide bonds. The van der Waals surface area contributed by atoms with Crippen LogP contribution in [0.1, 0.15) is 11.3 Å². The summed E-state index contributed by atoms with van der Waals surface area (Å²) in [5.74, 6) is 0.626. The fourth-order valence-electron chi connectivity index (χ4n) is 2.09. The van der Waals surface area contributed by atoms with Gasteiger partial charge in [-0.2, -0.15) is 0 Å². The van der Waals surface area contributed by atoms with Gasteiger partial charge in [0, 0.05) is 24.8 Å². The van der Waals surface area contributed by atoms with Gasteiger partial charge in [-0.15, -0.1) is 0 Å². The van der Waals surface area contributed by atoms with Gasteiger partial charge in [-0.1, -0.05) is 0 Å². The Hall–Kier alpha value is -2.19. The van der Waals surface area contributed by atoms with Gasteiger partial charge in [0.1, 0.15) is 5.75 Å². The number of rotatable bonds is 6. The molecule has 7 nitrogen and oxygen atoms in total. The van der Waals surface area contributed by atoms with Crippen molar-refractivity contribution in [2.75, 3.05) is 13.7 Å². The summed E-state index contributed by atoms with van der Waals surface area (Å²) >= 11 is 0. The number of nitrogens with zero attached hydrogens (tertiary/aromatic N) is 2. The lowest BCUT2D eigenvalue weighted by Gasteiger charge is -2.10. The Bertz CT molecular complexity index is 859. The molecule has 0 radical (unpaired) electrons. The zero-order chi connectivity index (χ0) is 17.0. The summed E-state index contributed by atoms with van der Waals surface area (Å²) in [6.07, 6.45) is 1.41. The number of methoxy groups -OCH3 is 1. The lowest BCUT2D eigenvalue weighted by molar-refractivity contribution is 0.411. The van der Waals surface area contributed by atoms with Crippen LogP contribution in [0.15, 0.2) is 40.3 Å². The van der Waals surface area contributed by atoms with Crippen LogP contribution < -0.4 is 15.0 Å². The highest BCUT2D eigenvalue weighted by Crippen LogP contribution is 2.21. The lowest BCUT2D eigenvalue weighted by Crippen LogP contribution is -2.31. The third-order valence-electron chi connectivity index (χ3n) is 3.34. The molecule has 0 fully saturated rings. The third kappa shape index (κ3) is 4.17. The SMILES string of the molecule is COc1ccc(S(=O)(=O)NCCn2cnc(C)cc2=O)cc1C. The lowest BCUT2D eigenvalue weighted by atomic mass is 10.2. The summed E-state index contributed by atoms with van der Waals surface area (Å²) in [6.45, 7) is 3.80. The molecule has 8 heteroatoms. The normalized spacial score (nSPS) is 11.4. The van der Waals surface area contributed by atoms with E-state index in [4.69, 9.17) is 4.74 Å². The minimum absolute atomic E-state index is 0.0953. The molecule has 0 unspecified atom stereocenters. The van der Waals surface area contributed by atoms with Gasteiger partial charge in [0.05, 0.1) is 18.3 Å². The van der Waals surface area contributed by atoms with E-state index in [1.807, 2.05) is 0 Å². The highest BCUT2D eigenvalue weighted by Gasteiger charge is 2.15. The van der Waals surface area contributed by atoms with Crippen molar-refractivity contribution in [2.24, 2.45) is 0 Å². The number of aromatic nitrogens is 2. The summed E-state index contributed by atoms with van der Waals surface area (Å²) in [5, 5.41) is 0. The van der Waals surface area contributed by atoms with Crippen molar-refractivity contribution < 1.29 is 13.2 Å². The topological polar surface area (TPSA) is 90.3 Å². The van der Waals surface area contributed by atoms with Gasteiger partial charge < -0.3 is 4.74 Å². The molecular formula is C15H19N3O4S. The van der Waals surface area contributed by atoms with Crippen LogP contribution in [0.4, 0.5) is 0 Å². The van der Waals surface area contributed by atoms with E-state index in [0.717, 1.165) is 5.56 Å². The first-order chi connectivity index (χ1) is 10.8. The maximum absolute atomic E-state index is 12.3. The fourth-order valence-corrected chi connectivity index (χ4v) is 3.19. The van der Waals surface area contributed by atoms with E-state index in [2.05, 4.69) is 9.71 Å². The minimum atomic E-state index is -3.64. The summed E-state index contributed by atoms with van der Waals surface area (Å²) in [6, 6.07) is 6.04. The molecule has 2 rings (SSSR count). The van der Waals surface area contributed by atoms with E-state index in [-0.39, 0.29) is 23.5 Å². The van der Waals surface area contributed by atoms with Gasteiger partial charge in [0.15, 0.2) is 0 Å². The largest absolute Gasteiger partial charge is 0.496 e. The van der Waals surface area contributed by atoms with Gasteiger partial charge in [0.25, 0.3) is 5.56 Å². The van der Waals surface area contributed by atoms with Gasteiger partial charge in [-0.05, 0) is 37.6 Å². The van der Waals surface area contributed by atoms with Crippen molar-refractivity contribution in [2.45, 2.75) is 25.3 Å². The summed E-state index contributed by atoms with van der Waals surface area (Å²) in [4.78, 5) is 15.9. The molecule has 1 aromatic carbocycles. The van der Waals surface area contributed by atoms with Crippen LogP contribution >= 0.6 is 0 Å². The first kappa shape index (κ1) is 17.2. The molecule has 2 aromatic rings. The maximum Gasteiger partial charge on any atom is 0.253 e. The number of nitrogens with one attached hydrogen (secondary N) is 1. The highest BCUT2D eigenvalue weighted by molar-refractivity contribution is 7.89. The van der Waals surface area contributed by atoms with Gasteiger partial charge >= 0.3 is 0 Å². The van der Waals surface area contributed by atoms with Crippen molar-refractivity contribution in [3.05, 3.63) is 52.2 Å². The van der Waals surface area contributed by atoms with Crippen LogP contribution in [0, 0.1) is 13.8 Å². The number of sulfonamides is 1. The standard InChI is InChI=1S/C15H19N3O4S/c1-11-8-13(4-5-14(11)22-3)23(20,21)17-6-7-18-10-16-12(2)9-15(18)19/h4-5,8-10,17H,6-7H2,1-3H3. The maximum atomic E-state index is 12.3. The average molecular weight is 337 g/mol. The monoisotopic (exact) mass is 337 g/mol. The van der Waals surface area contributed by atoms with E-state index in [1.165, 1.54) is 30.1 Å². The van der Waals surface area contributed by atoms with E-state index >= 15 is 0 Å². The van der Waals surface area contributed by atoms with Crippen LogP contribution in [0.25, 0.3) is 0 Å². The molecule has 1 aromatic heterocycles. The second kappa shape index (κ2) is 6.93. The first-order valence-electron chi connectivity index (χ1n) is 7.01. The zero-order valence-electron chi connectivity index (χ0n) is 13.2. The van der Waals surface area contributed by atoms with Crippen LogP contribution in [-0.4, -0.2) is 31.6 Å². The first-order valence-corrected chi connectivity index (χ1v) is 8.49. The summed E-state index contributed by atoms with van der Waals surface area (Å²) in [7, 11) is -2.11. The predicted molar refractivity (Wildman–Crippen MR) is 86.2 cm³/mol. The van der Waals surface area contributed by atoms with Crippen molar-refractivity contribution in [3.8, 4) is 5.75 Å². The van der Waals surface area contributed by atoms with Crippen molar-refractivity contribution >= 4 is 10.0 Å². The molecule has 0 saturated carbocycles. The molecule has 23 heavy (non-hydrogen) atoms. The second-order valence-corrected chi connectivity index (χ2v) is 6.86. The zero-order valence-corrected chi connectivity index (χ0v) is 14.1. The molecule has 0 atom stereocenters. The number of hydrogen-bond donors (Lipinski definition) is 1. The van der Waals surface area contributed by atoms with Crippen molar-refractivity contribution in [1.29, 1.82) is 0 Å². The molecule has 0 bridgehead atoms. The molecule has 124 valence electrons. The molecule has 0 saturated heterocycles. The Morgan fingerprint density at radius 3 is 2.61 bits per heavy atom. The molecule has 0 spiro atoms. The van der Waals surface area contributed by atoms with Crippen molar-refractivity contribution in [3.63, 3.8) is 0 Å². The second-order valence-electron chi connectivity index (χ2n) is 5.09. The van der Waals surface area contributed by atoms with E-state index in [1.54, 1.807) is 26.0 Å². The Morgan fingerprint density at radius 1 is 1.26 bits per heavy atom. The molecule has 0 aliphatic heterocycles. The number of hydrogen-bond acceptors (Lipinski definition) is 5. The van der Waals surface area contributed by atoms with Crippen LogP contribution in [0.5, 0.6) is 5.75 Å². The molecule has 1 N–H and O–H groups in total. The Balaban J connectivity index is 2.07.